The second kappa shape index (κ2) is 40.6. The molecule has 1 atom stereocenters. The monoisotopic (exact) mass is 252 g/mol. The first kappa shape index (κ1) is 52.5. The molecule has 0 heterocycles. The van der Waals surface area contributed by atoms with Gasteiger partial charge in [-0.1, -0.05) is 0 Å². The van der Waals surface area contributed by atoms with E-state index in [1.807, 2.05) is 0 Å². The van der Waals surface area contributed by atoms with Gasteiger partial charge >= 0.3 is 0 Å². The van der Waals surface area contributed by atoms with Crippen molar-refractivity contribution in [1.29, 1.82) is 0 Å². The quantitative estimate of drug-likeness (QED) is 0.382. The maximum absolute atomic E-state index is 0. The van der Waals surface area contributed by atoms with Gasteiger partial charge in [-0.2, -0.15) is 9.90 Å². The van der Waals surface area contributed by atoms with Crippen molar-refractivity contribution in [3.63, 3.8) is 0 Å². The Labute approximate surface area is 176 Å². The Bertz CT molecular complexity index is 19.7. The normalized spacial score (nSPS) is 0. The molecule has 0 saturated heterocycles. The first-order valence-corrected chi connectivity index (χ1v) is 0. The number of rotatable bonds is 0. The van der Waals surface area contributed by atoms with Crippen LogP contribution in [0.5, 0.6) is 0 Å². The summed E-state index contributed by atoms with van der Waals surface area (Å²) in [5, 5.41) is 0. The zero-order valence-electron chi connectivity index (χ0n) is 4.88. The van der Waals surface area contributed by atoms with Crippen LogP contribution in [0.2, 0.25) is 0 Å². The standard InChI is InChI=1S/Ca.ClH.Fe.K.Mg.Na.H3P/h;1H;;;;;1H3. The molecule has 0 nitrogen and oxygen atoms in total. The first-order valence-electron chi connectivity index (χ1n) is 0. The Morgan fingerprint density at radius 2 is 1.00 bits per heavy atom. The molecule has 0 aromatic heterocycles. The van der Waals surface area contributed by atoms with E-state index in [-0.39, 0.29) is 181 Å². The Hall–Kier alpha value is 5.90. The van der Waals surface area contributed by atoms with Crippen molar-refractivity contribution in [2.45, 2.75) is 0 Å². The Morgan fingerprint density at radius 3 is 1.00 bits per heavy atom. The van der Waals surface area contributed by atoms with Crippen LogP contribution in [-0.2, 0) is 17.1 Å². The van der Waals surface area contributed by atoms with Crippen LogP contribution in [0.4, 0.5) is 0 Å². The minimum absolute atomic E-state index is 0. The van der Waals surface area contributed by atoms with E-state index in [4.69, 9.17) is 0 Å². The summed E-state index contributed by atoms with van der Waals surface area (Å²) in [4.78, 5) is 0. The van der Waals surface area contributed by atoms with Gasteiger partial charge in [0.25, 0.3) is 0 Å². The molecule has 7 heavy (non-hydrogen) atoms. The molecule has 0 amide bonds. The summed E-state index contributed by atoms with van der Waals surface area (Å²) >= 11 is 0. The zero-order chi connectivity index (χ0) is 0. The van der Waals surface area contributed by atoms with Gasteiger partial charge in [0.05, 0.1) is 0 Å². The molecule has 0 fully saturated rings. The van der Waals surface area contributed by atoms with Crippen LogP contribution >= 0.6 is 22.3 Å². The third kappa shape index (κ3) is 33.5. The minimum Gasteiger partial charge on any atom is -0.153 e. The molecule has 7 heteroatoms. The van der Waals surface area contributed by atoms with E-state index in [1.165, 1.54) is 0 Å². The van der Waals surface area contributed by atoms with Gasteiger partial charge in [0, 0.05) is 159 Å². The number of hydrogen-bond donors (Lipinski definition) is 0. The van der Waals surface area contributed by atoms with E-state index in [1.54, 1.807) is 0 Å². The fourth-order valence-corrected chi connectivity index (χ4v) is 0. The summed E-state index contributed by atoms with van der Waals surface area (Å²) in [6.07, 6.45) is 0. The van der Waals surface area contributed by atoms with E-state index < -0.39 is 0 Å². The van der Waals surface area contributed by atoms with E-state index in [0.29, 0.717) is 0 Å². The maximum Gasteiger partial charge on any atom is 0 e. The fraction of sp³-hybridized carbons (Fsp3) is 0. The molecule has 0 bridgehead atoms. The van der Waals surface area contributed by atoms with Crippen molar-refractivity contribution >= 4 is 164 Å². The third-order valence-corrected chi connectivity index (χ3v) is 0. The second-order valence-corrected chi connectivity index (χ2v) is 0. The molecule has 0 aliphatic heterocycles. The predicted octanol–water partition coefficient (Wildman–Crippen LogP) is -1.05. The number of hydrogen-bond acceptors (Lipinski definition) is 0. The van der Waals surface area contributed by atoms with Crippen LogP contribution < -0.4 is 0 Å². The van der Waals surface area contributed by atoms with Gasteiger partial charge in [-0.15, -0.1) is 12.4 Å². The first-order chi connectivity index (χ1) is 0. The summed E-state index contributed by atoms with van der Waals surface area (Å²) < 4.78 is 0. The Balaban J connectivity index is 0. The van der Waals surface area contributed by atoms with E-state index in [2.05, 4.69) is 0 Å². The minimum atomic E-state index is 0. The van der Waals surface area contributed by atoms with E-state index >= 15 is 0 Å². The fourth-order valence-electron chi connectivity index (χ4n) is 0. The summed E-state index contributed by atoms with van der Waals surface area (Å²) in [7, 11) is 0. The molecule has 1 unspecified atom stereocenters. The van der Waals surface area contributed by atoms with Gasteiger partial charge in [-0.25, -0.2) is 0 Å². The molecule has 0 aliphatic rings. The van der Waals surface area contributed by atoms with Crippen LogP contribution in [-0.4, -0.2) is 142 Å². The molecular formula is H4CaClFeKMgNaP. The third-order valence-electron chi connectivity index (χ3n) is 0. The van der Waals surface area contributed by atoms with Crippen molar-refractivity contribution in [2.75, 3.05) is 0 Å². The van der Waals surface area contributed by atoms with Crippen LogP contribution in [0, 0.1) is 0 Å². The van der Waals surface area contributed by atoms with Crippen LogP contribution in [0.15, 0.2) is 0 Å². The van der Waals surface area contributed by atoms with Crippen LogP contribution in [0.3, 0.4) is 0 Å². The smallest absolute Gasteiger partial charge is 0 e. The van der Waals surface area contributed by atoms with Crippen molar-refractivity contribution in [2.24, 2.45) is 0 Å². The zero-order valence-corrected chi connectivity index (χ0v) is 17.0. The average Bonchev–Trinajstić information content (AvgIpc) is 0. The summed E-state index contributed by atoms with van der Waals surface area (Å²) in [5.41, 5.74) is 0. The summed E-state index contributed by atoms with van der Waals surface area (Å²) in [6, 6.07) is 0. The molecule has 30 valence electrons. The van der Waals surface area contributed by atoms with Gasteiger partial charge in [0.2, 0.25) is 0 Å². The van der Waals surface area contributed by atoms with Gasteiger partial charge in [-0.05, 0) is 0 Å². The number of halogens is 1. The van der Waals surface area contributed by atoms with Gasteiger partial charge < -0.3 is 0 Å². The predicted molar refractivity (Wildman–Crippen MR) is 41.4 cm³/mol. The van der Waals surface area contributed by atoms with Gasteiger partial charge in [0.1, 0.15) is 0 Å². The van der Waals surface area contributed by atoms with Crippen molar-refractivity contribution in [3.8, 4) is 0 Å². The molecule has 0 rings (SSSR count). The van der Waals surface area contributed by atoms with E-state index in [9.17, 15) is 0 Å². The second-order valence-electron chi connectivity index (χ2n) is 0. The van der Waals surface area contributed by atoms with Crippen LogP contribution in [0.25, 0.3) is 0 Å². The molecular weight excluding hydrogens is 249 g/mol. The molecule has 0 aromatic rings. The molecule has 0 spiro atoms. The molecule has 6 radical (unpaired) electrons. The molecule has 0 saturated carbocycles. The maximum atomic E-state index is 0. The summed E-state index contributed by atoms with van der Waals surface area (Å²) in [5.74, 6) is 0. The summed E-state index contributed by atoms with van der Waals surface area (Å²) in [6.45, 7) is 0. The van der Waals surface area contributed by atoms with Gasteiger partial charge in [-0.3, -0.25) is 0 Å². The molecule has 0 N–H and O–H groups in total. The topological polar surface area (TPSA) is 0 Å². The van der Waals surface area contributed by atoms with Crippen molar-refractivity contribution < 1.29 is 17.1 Å². The van der Waals surface area contributed by atoms with Crippen molar-refractivity contribution in [1.82, 2.24) is 0 Å². The Morgan fingerprint density at radius 1 is 1.00 bits per heavy atom. The molecule has 0 aromatic carbocycles. The average molecular weight is 253 g/mol. The van der Waals surface area contributed by atoms with Crippen LogP contribution in [0.1, 0.15) is 0 Å². The largest absolute Gasteiger partial charge is 0.153 e. The van der Waals surface area contributed by atoms with Gasteiger partial charge in [0.15, 0.2) is 0 Å². The molecule has 0 aliphatic carbocycles. The Kier molecular flexibility index (Phi) is 304. The van der Waals surface area contributed by atoms with Crippen molar-refractivity contribution in [3.05, 3.63) is 0 Å². The SMILES string of the molecule is Cl.P.[Ca].[Fe].[K].[Mg].[Na]. The van der Waals surface area contributed by atoms with E-state index in [0.717, 1.165) is 0 Å².